The van der Waals surface area contributed by atoms with E-state index in [0.717, 1.165) is 6.42 Å². The van der Waals surface area contributed by atoms with Gasteiger partial charge in [-0.2, -0.15) is 7.14 Å². The van der Waals surface area contributed by atoms with Crippen LogP contribution in [0.1, 0.15) is 40.0 Å². The third-order valence-corrected chi connectivity index (χ3v) is 9.81. The molecule has 123 valence electrons. The second-order valence-corrected chi connectivity index (χ2v) is 11.7. The molecule has 0 saturated carbocycles. The average Bonchev–Trinajstić information content (AvgIpc) is 3.01. The van der Waals surface area contributed by atoms with Gasteiger partial charge < -0.3 is 0 Å². The van der Waals surface area contributed by atoms with Crippen molar-refractivity contribution >= 4 is 25.3 Å². The Hall–Kier alpha value is -1.33. The molecule has 1 aliphatic carbocycles. The minimum Gasteiger partial charge on any atom is -0.291 e. The first-order chi connectivity index (χ1) is 11.4. The Labute approximate surface area is 149 Å². The first kappa shape index (κ1) is 17.5. The highest BCUT2D eigenvalue weighted by Gasteiger charge is 2.44. The van der Waals surface area contributed by atoms with E-state index in [4.69, 9.17) is 7.57 Å². The average molecular weight is 333 g/mol. The van der Waals surface area contributed by atoms with Crippen molar-refractivity contribution < 1.29 is 0 Å². The first-order valence-electron chi connectivity index (χ1n) is 8.84. The molecule has 2 heteroatoms. The first-order valence-corrected chi connectivity index (χ1v) is 10.7. The molecule has 3 radical (unpaired) electrons. The lowest BCUT2D eigenvalue weighted by Crippen LogP contribution is -2.41. The van der Waals surface area contributed by atoms with Gasteiger partial charge in [-0.3, -0.25) is 7.57 Å². The van der Waals surface area contributed by atoms with Crippen molar-refractivity contribution in [2.24, 2.45) is 5.41 Å². The van der Waals surface area contributed by atoms with Gasteiger partial charge in [-0.05, 0) is 62.8 Å². The van der Waals surface area contributed by atoms with Crippen molar-refractivity contribution in [1.82, 2.24) is 0 Å². The molecule has 0 N–H and O–H groups in total. The van der Waals surface area contributed by atoms with E-state index in [-0.39, 0.29) is 10.6 Å². The van der Waals surface area contributed by atoms with Crippen molar-refractivity contribution in [3.8, 4) is 0 Å². The highest BCUT2D eigenvalue weighted by atomic mass is 31.2. The number of hydrogen-bond acceptors (Lipinski definition) is 0. The summed E-state index contributed by atoms with van der Waals surface area (Å²) in [6.45, 7) is 7.13. The molecule has 0 amide bonds. The summed E-state index contributed by atoms with van der Waals surface area (Å²) >= 11 is 0. The molecule has 0 aromatic heterocycles. The molecule has 0 spiro atoms. The molecule has 0 heterocycles. The summed E-state index contributed by atoms with van der Waals surface area (Å²) in [5, 5.41) is 2.62. The van der Waals surface area contributed by atoms with Crippen LogP contribution in [-0.2, 0) is 0 Å². The predicted octanol–water partition coefficient (Wildman–Crippen LogP) is 5.26. The van der Waals surface area contributed by atoms with Crippen molar-refractivity contribution in [2.75, 3.05) is 0 Å². The highest BCUT2D eigenvalue weighted by Crippen LogP contribution is 2.66. The fraction of sp³-hybridized carbons (Fsp3) is 0.364. The van der Waals surface area contributed by atoms with Gasteiger partial charge >= 0.3 is 0 Å². The number of hydrogen-bond donors (Lipinski definition) is 0. The molecule has 0 fully saturated rings. The molecule has 2 aromatic carbocycles. The van der Waals surface area contributed by atoms with Crippen LogP contribution in [-0.4, -0.2) is 12.7 Å². The van der Waals surface area contributed by atoms with Gasteiger partial charge in [0.1, 0.15) is 0 Å². The Morgan fingerprint density at radius 1 is 0.958 bits per heavy atom. The van der Waals surface area contributed by atoms with Crippen molar-refractivity contribution in [2.45, 2.75) is 45.2 Å². The van der Waals surface area contributed by atoms with Gasteiger partial charge in [-0.15, -0.1) is 0 Å². The van der Waals surface area contributed by atoms with Gasteiger partial charge in [-0.25, -0.2) is 0 Å². The van der Waals surface area contributed by atoms with E-state index in [1.807, 2.05) is 0 Å². The molecule has 0 unspecified atom stereocenters. The van der Waals surface area contributed by atoms with Gasteiger partial charge in [0, 0.05) is 15.8 Å². The molecule has 0 saturated heterocycles. The summed E-state index contributed by atoms with van der Waals surface area (Å²) in [5.41, 5.74) is 0.262. The van der Waals surface area contributed by atoms with Crippen molar-refractivity contribution in [1.29, 1.82) is 0 Å². The normalized spacial score (nSPS) is 21.2. The van der Waals surface area contributed by atoms with Crippen LogP contribution in [0.5, 0.6) is 0 Å². The SMILES string of the molecule is [B-][P+](c1ccccc1)(c1ccccc1)C(C)(C)C[C@@]1(C)C=CCC1. The third-order valence-electron chi connectivity index (χ3n) is 5.52. The monoisotopic (exact) mass is 333 g/mol. The summed E-state index contributed by atoms with van der Waals surface area (Å²) < 4.78 is 0. The van der Waals surface area contributed by atoms with Crippen LogP contribution >= 0.6 is 7.14 Å². The molecule has 1 atom stereocenters. The molecular formula is C22H27BP. The van der Waals surface area contributed by atoms with E-state index in [2.05, 4.69) is 93.6 Å². The molecule has 2 aromatic rings. The van der Waals surface area contributed by atoms with E-state index in [9.17, 15) is 0 Å². The Kier molecular flexibility index (Phi) is 4.76. The lowest BCUT2D eigenvalue weighted by Gasteiger charge is -2.52. The molecular weight excluding hydrogens is 306 g/mol. The van der Waals surface area contributed by atoms with Crippen LogP contribution < -0.4 is 10.6 Å². The largest absolute Gasteiger partial charge is 0.291 e. The van der Waals surface area contributed by atoms with Gasteiger partial charge in [0.2, 0.25) is 0 Å². The van der Waals surface area contributed by atoms with Crippen molar-refractivity contribution in [3.63, 3.8) is 0 Å². The maximum atomic E-state index is 7.34. The topological polar surface area (TPSA) is 0 Å². The lowest BCUT2D eigenvalue weighted by molar-refractivity contribution is 0.344. The van der Waals surface area contributed by atoms with Crippen LogP contribution in [0.25, 0.3) is 0 Å². The summed E-state index contributed by atoms with van der Waals surface area (Å²) in [6.07, 6.45) is 8.29. The zero-order chi connectivity index (χ0) is 17.3. The Morgan fingerprint density at radius 3 is 1.88 bits per heavy atom. The number of benzene rings is 2. The van der Waals surface area contributed by atoms with Crippen LogP contribution in [0.3, 0.4) is 0 Å². The Balaban J connectivity index is 2.09. The van der Waals surface area contributed by atoms with E-state index < -0.39 is 7.14 Å². The standard InChI is InChI=1S/C22H27BP/c1-21(2,18-22(3)16-10-11-17-22)24(23,19-12-6-4-7-13-19)20-14-8-5-9-15-20/h4-10,12-16H,11,17-18H2,1-3H3/t22-/m0/s1. The maximum Gasteiger partial charge on any atom is 0.0472 e. The number of allylic oxidation sites excluding steroid dienone is 2. The van der Waals surface area contributed by atoms with Crippen molar-refractivity contribution in [3.05, 3.63) is 72.8 Å². The summed E-state index contributed by atoms with van der Waals surface area (Å²) in [4.78, 5) is 0. The van der Waals surface area contributed by atoms with Crippen LogP contribution in [0, 0.1) is 5.41 Å². The fourth-order valence-electron chi connectivity index (χ4n) is 4.30. The molecule has 0 aliphatic heterocycles. The summed E-state index contributed by atoms with van der Waals surface area (Å²) in [7, 11) is 5.34. The Morgan fingerprint density at radius 2 is 1.46 bits per heavy atom. The minimum absolute atomic E-state index is 0.0269. The molecule has 3 rings (SSSR count). The summed E-state index contributed by atoms with van der Waals surface area (Å²) in [5.74, 6) is 0. The van der Waals surface area contributed by atoms with Crippen LogP contribution in [0.15, 0.2) is 72.8 Å². The zero-order valence-electron chi connectivity index (χ0n) is 15.1. The fourth-order valence-corrected chi connectivity index (χ4v) is 7.89. The molecule has 0 bridgehead atoms. The van der Waals surface area contributed by atoms with E-state index in [0.29, 0.717) is 0 Å². The third kappa shape index (κ3) is 3.12. The highest BCUT2D eigenvalue weighted by molar-refractivity contribution is 8.09. The van der Waals surface area contributed by atoms with E-state index >= 15 is 0 Å². The summed E-state index contributed by atoms with van der Waals surface area (Å²) in [6, 6.07) is 21.5. The van der Waals surface area contributed by atoms with Crippen LogP contribution in [0.4, 0.5) is 0 Å². The maximum absolute atomic E-state index is 7.34. The second-order valence-electron chi connectivity index (χ2n) is 7.98. The van der Waals surface area contributed by atoms with Crippen LogP contribution in [0.2, 0.25) is 0 Å². The van der Waals surface area contributed by atoms with Gasteiger partial charge in [0.15, 0.2) is 0 Å². The number of rotatable bonds is 5. The zero-order valence-corrected chi connectivity index (χ0v) is 16.0. The van der Waals surface area contributed by atoms with Gasteiger partial charge in [0.25, 0.3) is 0 Å². The molecule has 1 aliphatic rings. The van der Waals surface area contributed by atoms with Gasteiger partial charge in [-0.1, -0.05) is 55.5 Å². The molecule has 24 heavy (non-hydrogen) atoms. The quantitative estimate of drug-likeness (QED) is 0.398. The minimum atomic E-state index is -2.01. The second kappa shape index (κ2) is 6.53. The molecule has 0 nitrogen and oxygen atoms in total. The smallest absolute Gasteiger partial charge is 0.0472 e. The van der Waals surface area contributed by atoms with Gasteiger partial charge in [0.05, 0.1) is 0 Å². The van der Waals surface area contributed by atoms with E-state index in [1.54, 1.807) is 0 Å². The predicted molar refractivity (Wildman–Crippen MR) is 110 cm³/mol. The Bertz CT molecular complexity index is 666. The lowest BCUT2D eigenvalue weighted by atomic mass is 9.81. The van der Waals surface area contributed by atoms with E-state index in [1.165, 1.54) is 23.5 Å².